The number of hydrogen-bond acceptors (Lipinski definition) is 2. The monoisotopic (exact) mass is 263 g/mol. The predicted octanol–water partition coefficient (Wildman–Crippen LogP) is 4.57. The molecule has 2 heteroatoms. The van der Waals surface area contributed by atoms with Gasteiger partial charge in [-0.2, -0.15) is 5.26 Å². The fourth-order valence-electron chi connectivity index (χ4n) is 1.90. The molecular weight excluding hydrogens is 246 g/mol. The molecule has 0 amide bonds. The topological polar surface area (TPSA) is 33.0 Å². The number of nitrogens with zero attached hydrogens (tertiary/aromatic N) is 1. The molecule has 0 aliphatic heterocycles. The van der Waals surface area contributed by atoms with E-state index < -0.39 is 0 Å². The van der Waals surface area contributed by atoms with Crippen LogP contribution in [0.1, 0.15) is 18.4 Å². The summed E-state index contributed by atoms with van der Waals surface area (Å²) in [5, 5.41) is 8.78. The van der Waals surface area contributed by atoms with Crippen LogP contribution in [0.25, 0.3) is 11.1 Å². The van der Waals surface area contributed by atoms with Gasteiger partial charge >= 0.3 is 0 Å². The van der Waals surface area contributed by atoms with E-state index in [4.69, 9.17) is 10.00 Å². The predicted molar refractivity (Wildman–Crippen MR) is 81.5 cm³/mol. The third kappa shape index (κ3) is 3.73. The maximum Gasteiger partial charge on any atom is 0.119 e. The molecule has 0 saturated carbocycles. The molecule has 0 spiro atoms. The number of unbranched alkanes of at least 4 members (excludes halogenated alkanes) is 1. The van der Waals surface area contributed by atoms with E-state index in [1.165, 1.54) is 0 Å². The van der Waals surface area contributed by atoms with Gasteiger partial charge in [0.2, 0.25) is 0 Å². The number of rotatable bonds is 6. The molecule has 2 rings (SSSR count). The number of ether oxygens (including phenoxy) is 1. The van der Waals surface area contributed by atoms with Crippen molar-refractivity contribution in [1.29, 1.82) is 5.26 Å². The summed E-state index contributed by atoms with van der Waals surface area (Å²) >= 11 is 0. The van der Waals surface area contributed by atoms with Crippen LogP contribution in [-0.4, -0.2) is 6.61 Å². The largest absolute Gasteiger partial charge is 0.494 e. The Kier molecular flexibility index (Phi) is 4.97. The van der Waals surface area contributed by atoms with E-state index in [9.17, 15) is 0 Å². The minimum absolute atomic E-state index is 0.677. The standard InChI is InChI=1S/C18H17NO/c1-2-3-4-13-20-18-11-9-17(10-12-18)16-7-5-15(14-19)6-8-16/h2,5-12H,1,3-4,13H2. The average molecular weight is 263 g/mol. The summed E-state index contributed by atoms with van der Waals surface area (Å²) in [5.41, 5.74) is 2.89. The Morgan fingerprint density at radius 2 is 1.60 bits per heavy atom. The smallest absolute Gasteiger partial charge is 0.119 e. The second kappa shape index (κ2) is 7.16. The van der Waals surface area contributed by atoms with E-state index >= 15 is 0 Å². The Morgan fingerprint density at radius 3 is 2.15 bits per heavy atom. The van der Waals surface area contributed by atoms with Gasteiger partial charge in [0.1, 0.15) is 5.75 Å². The highest BCUT2D eigenvalue weighted by molar-refractivity contribution is 5.64. The van der Waals surface area contributed by atoms with Gasteiger partial charge in [-0.3, -0.25) is 0 Å². The highest BCUT2D eigenvalue weighted by Crippen LogP contribution is 2.22. The van der Waals surface area contributed by atoms with Crippen LogP contribution in [0.15, 0.2) is 61.2 Å². The summed E-state index contributed by atoms with van der Waals surface area (Å²) < 4.78 is 5.64. The van der Waals surface area contributed by atoms with Gasteiger partial charge in [-0.1, -0.05) is 30.3 Å². The lowest BCUT2D eigenvalue weighted by Gasteiger charge is -2.07. The van der Waals surface area contributed by atoms with Crippen LogP contribution in [0.2, 0.25) is 0 Å². The van der Waals surface area contributed by atoms with Gasteiger partial charge in [-0.25, -0.2) is 0 Å². The normalized spacial score (nSPS) is 9.75. The van der Waals surface area contributed by atoms with Crippen molar-refractivity contribution in [2.45, 2.75) is 12.8 Å². The molecule has 0 atom stereocenters. The lowest BCUT2D eigenvalue weighted by Crippen LogP contribution is -1.96. The van der Waals surface area contributed by atoms with Crippen LogP contribution >= 0.6 is 0 Å². The van der Waals surface area contributed by atoms with Crippen LogP contribution in [0.5, 0.6) is 5.75 Å². The summed E-state index contributed by atoms with van der Waals surface area (Å²) in [4.78, 5) is 0. The van der Waals surface area contributed by atoms with Crippen molar-refractivity contribution in [3.8, 4) is 22.9 Å². The summed E-state index contributed by atoms with van der Waals surface area (Å²) in [5.74, 6) is 0.881. The molecule has 0 N–H and O–H groups in total. The second-order valence-corrected chi connectivity index (χ2v) is 4.49. The zero-order valence-electron chi connectivity index (χ0n) is 11.4. The third-order valence-electron chi connectivity index (χ3n) is 3.02. The van der Waals surface area contributed by atoms with Crippen molar-refractivity contribution in [2.75, 3.05) is 6.61 Å². The first-order valence-corrected chi connectivity index (χ1v) is 6.68. The van der Waals surface area contributed by atoms with Crippen LogP contribution in [-0.2, 0) is 0 Å². The Bertz CT molecular complexity index is 591. The van der Waals surface area contributed by atoms with Gasteiger partial charge in [-0.05, 0) is 48.2 Å². The first kappa shape index (κ1) is 13.9. The fourth-order valence-corrected chi connectivity index (χ4v) is 1.90. The molecule has 0 aliphatic carbocycles. The maximum atomic E-state index is 8.78. The van der Waals surface area contributed by atoms with Gasteiger partial charge in [-0.15, -0.1) is 6.58 Å². The molecule has 0 bridgehead atoms. The lowest BCUT2D eigenvalue weighted by atomic mass is 10.0. The van der Waals surface area contributed by atoms with Crippen molar-refractivity contribution in [3.63, 3.8) is 0 Å². The van der Waals surface area contributed by atoms with E-state index in [2.05, 4.69) is 12.6 Å². The summed E-state index contributed by atoms with van der Waals surface area (Å²) in [6.07, 6.45) is 3.86. The molecule has 0 fully saturated rings. The maximum absolute atomic E-state index is 8.78. The van der Waals surface area contributed by atoms with E-state index in [1.54, 1.807) is 0 Å². The highest BCUT2D eigenvalue weighted by atomic mass is 16.5. The third-order valence-corrected chi connectivity index (χ3v) is 3.02. The minimum atomic E-state index is 0.677. The minimum Gasteiger partial charge on any atom is -0.494 e. The Morgan fingerprint density at radius 1 is 1.00 bits per heavy atom. The Balaban J connectivity index is 2.00. The molecule has 2 nitrogen and oxygen atoms in total. The number of allylic oxidation sites excluding steroid dienone is 1. The molecule has 20 heavy (non-hydrogen) atoms. The molecule has 0 saturated heterocycles. The zero-order valence-corrected chi connectivity index (χ0v) is 11.4. The summed E-state index contributed by atoms with van der Waals surface area (Å²) in [6.45, 7) is 4.40. The zero-order chi connectivity index (χ0) is 14.2. The molecule has 100 valence electrons. The number of hydrogen-bond donors (Lipinski definition) is 0. The second-order valence-electron chi connectivity index (χ2n) is 4.49. The first-order valence-electron chi connectivity index (χ1n) is 6.68. The Labute approximate surface area is 119 Å². The molecular formula is C18H17NO. The van der Waals surface area contributed by atoms with Gasteiger partial charge in [0.05, 0.1) is 18.2 Å². The average Bonchev–Trinajstić information content (AvgIpc) is 2.52. The number of nitriles is 1. The van der Waals surface area contributed by atoms with Crippen molar-refractivity contribution in [3.05, 3.63) is 66.7 Å². The SMILES string of the molecule is C=CCCCOc1ccc(-c2ccc(C#N)cc2)cc1. The molecule has 0 aliphatic rings. The van der Waals surface area contributed by atoms with Gasteiger partial charge < -0.3 is 4.74 Å². The van der Waals surface area contributed by atoms with E-state index in [0.29, 0.717) is 12.2 Å². The molecule has 2 aromatic carbocycles. The quantitative estimate of drug-likeness (QED) is 0.565. The summed E-state index contributed by atoms with van der Waals surface area (Å²) in [7, 11) is 0. The molecule has 0 aromatic heterocycles. The van der Waals surface area contributed by atoms with Crippen molar-refractivity contribution >= 4 is 0 Å². The van der Waals surface area contributed by atoms with Crippen LogP contribution < -0.4 is 4.74 Å². The first-order chi connectivity index (χ1) is 9.83. The van der Waals surface area contributed by atoms with Gasteiger partial charge in [0, 0.05) is 0 Å². The molecule has 2 aromatic rings. The highest BCUT2D eigenvalue weighted by Gasteiger charge is 1.99. The Hall–Kier alpha value is -2.53. The van der Waals surface area contributed by atoms with Gasteiger partial charge in [0.15, 0.2) is 0 Å². The van der Waals surface area contributed by atoms with E-state index in [-0.39, 0.29) is 0 Å². The molecule has 0 heterocycles. The van der Waals surface area contributed by atoms with Gasteiger partial charge in [0.25, 0.3) is 0 Å². The molecule has 0 radical (unpaired) electrons. The number of benzene rings is 2. The fraction of sp³-hybridized carbons (Fsp3) is 0.167. The summed E-state index contributed by atoms with van der Waals surface area (Å²) in [6, 6.07) is 17.7. The van der Waals surface area contributed by atoms with Crippen LogP contribution in [0.3, 0.4) is 0 Å². The van der Waals surface area contributed by atoms with Crippen LogP contribution in [0.4, 0.5) is 0 Å². The van der Waals surface area contributed by atoms with E-state index in [0.717, 1.165) is 29.7 Å². The lowest BCUT2D eigenvalue weighted by molar-refractivity contribution is 0.312. The van der Waals surface area contributed by atoms with E-state index in [1.807, 2.05) is 54.6 Å². The van der Waals surface area contributed by atoms with Crippen molar-refractivity contribution < 1.29 is 4.74 Å². The van der Waals surface area contributed by atoms with Crippen molar-refractivity contribution in [2.24, 2.45) is 0 Å². The van der Waals surface area contributed by atoms with Crippen LogP contribution in [0, 0.1) is 11.3 Å². The van der Waals surface area contributed by atoms with Crippen molar-refractivity contribution in [1.82, 2.24) is 0 Å². The molecule has 0 unspecified atom stereocenters.